The lowest BCUT2D eigenvalue weighted by Gasteiger charge is -2.24. The molecule has 0 unspecified atom stereocenters. The number of rotatable bonds is 2. The van der Waals surface area contributed by atoms with Crippen LogP contribution in [-0.4, -0.2) is 21.5 Å². The van der Waals surface area contributed by atoms with Crippen LogP contribution in [0.3, 0.4) is 0 Å². The molecule has 1 N–H and O–H groups in total. The molecule has 0 amide bonds. The van der Waals surface area contributed by atoms with Crippen LogP contribution in [0.4, 0.5) is 11.4 Å². The second kappa shape index (κ2) is 5.17. The predicted molar refractivity (Wildman–Crippen MR) is 80.5 cm³/mol. The van der Waals surface area contributed by atoms with E-state index in [1.807, 2.05) is 30.3 Å². The first-order valence-corrected chi connectivity index (χ1v) is 8.04. The third-order valence-electron chi connectivity index (χ3n) is 3.36. The Morgan fingerprint density at radius 2 is 1.65 bits per heavy atom. The van der Waals surface area contributed by atoms with E-state index in [4.69, 9.17) is 0 Å². The van der Waals surface area contributed by atoms with Gasteiger partial charge in [0.25, 0.3) is 10.0 Å². The minimum atomic E-state index is -3.51. The first kappa shape index (κ1) is 13.0. The molecule has 0 bridgehead atoms. The first-order chi connectivity index (χ1) is 9.69. The van der Waals surface area contributed by atoms with Crippen molar-refractivity contribution >= 4 is 21.4 Å². The maximum atomic E-state index is 12.8. The summed E-state index contributed by atoms with van der Waals surface area (Å²) in [6, 6.07) is 16.1. The molecular weight excluding hydrogens is 272 g/mol. The molecule has 0 aliphatic carbocycles. The molecule has 5 heteroatoms. The van der Waals surface area contributed by atoms with Crippen molar-refractivity contribution in [3.8, 4) is 0 Å². The van der Waals surface area contributed by atoms with Crippen LogP contribution in [0.25, 0.3) is 0 Å². The second-order valence-electron chi connectivity index (χ2n) is 4.69. The number of benzene rings is 2. The van der Waals surface area contributed by atoms with E-state index in [-0.39, 0.29) is 0 Å². The van der Waals surface area contributed by atoms with Gasteiger partial charge in [0.2, 0.25) is 0 Å². The van der Waals surface area contributed by atoms with E-state index in [0.717, 1.165) is 18.7 Å². The molecule has 2 aromatic rings. The standard InChI is InChI=1S/C15H16N2O2S/c18-20(19,13-7-2-1-3-8-13)17-12-6-11-16-14-9-4-5-10-15(14)17/h1-5,7-10,16H,6,11-12H2. The Labute approximate surface area is 119 Å². The summed E-state index contributed by atoms with van der Waals surface area (Å²) in [5.41, 5.74) is 1.58. The Hall–Kier alpha value is -2.01. The molecule has 104 valence electrons. The number of nitrogens with one attached hydrogen (secondary N) is 1. The lowest BCUT2D eigenvalue weighted by Crippen LogP contribution is -2.31. The van der Waals surface area contributed by atoms with Crippen molar-refractivity contribution in [2.24, 2.45) is 0 Å². The van der Waals surface area contributed by atoms with E-state index in [0.29, 0.717) is 17.1 Å². The van der Waals surface area contributed by atoms with Gasteiger partial charge in [-0.25, -0.2) is 8.42 Å². The largest absolute Gasteiger partial charge is 0.383 e. The van der Waals surface area contributed by atoms with Gasteiger partial charge in [-0.05, 0) is 30.7 Å². The third-order valence-corrected chi connectivity index (χ3v) is 5.18. The number of hydrogen-bond acceptors (Lipinski definition) is 3. The van der Waals surface area contributed by atoms with Crippen LogP contribution in [0.15, 0.2) is 59.5 Å². The summed E-state index contributed by atoms with van der Waals surface area (Å²) in [6.45, 7) is 1.26. The van der Waals surface area contributed by atoms with Crippen molar-refractivity contribution in [3.05, 3.63) is 54.6 Å². The second-order valence-corrected chi connectivity index (χ2v) is 6.55. The number of hydrogen-bond donors (Lipinski definition) is 1. The molecule has 0 saturated heterocycles. The average Bonchev–Trinajstić information content (AvgIpc) is 2.71. The van der Waals surface area contributed by atoms with E-state index in [1.165, 1.54) is 4.31 Å². The van der Waals surface area contributed by atoms with Gasteiger partial charge in [-0.2, -0.15) is 0 Å². The molecule has 0 spiro atoms. The summed E-state index contributed by atoms with van der Waals surface area (Å²) < 4.78 is 27.1. The molecule has 0 saturated carbocycles. The Balaban J connectivity index is 2.10. The Kier molecular flexibility index (Phi) is 3.36. The van der Waals surface area contributed by atoms with Gasteiger partial charge in [-0.3, -0.25) is 4.31 Å². The average molecular weight is 288 g/mol. The summed E-state index contributed by atoms with van der Waals surface area (Å²) in [5, 5.41) is 3.27. The summed E-state index contributed by atoms with van der Waals surface area (Å²) in [5.74, 6) is 0. The van der Waals surface area contributed by atoms with Crippen LogP contribution in [-0.2, 0) is 10.0 Å². The minimum Gasteiger partial charge on any atom is -0.383 e. The smallest absolute Gasteiger partial charge is 0.264 e. The molecule has 4 nitrogen and oxygen atoms in total. The fraction of sp³-hybridized carbons (Fsp3) is 0.200. The summed E-state index contributed by atoms with van der Waals surface area (Å²) >= 11 is 0. The molecule has 0 fully saturated rings. The van der Waals surface area contributed by atoms with Gasteiger partial charge in [0.05, 0.1) is 16.3 Å². The number of anilines is 2. The van der Waals surface area contributed by atoms with Gasteiger partial charge in [0.1, 0.15) is 0 Å². The van der Waals surface area contributed by atoms with Crippen LogP contribution >= 0.6 is 0 Å². The van der Waals surface area contributed by atoms with Crippen molar-refractivity contribution in [1.82, 2.24) is 0 Å². The zero-order chi connectivity index (χ0) is 14.0. The van der Waals surface area contributed by atoms with E-state index in [9.17, 15) is 8.42 Å². The van der Waals surface area contributed by atoms with Crippen molar-refractivity contribution in [2.75, 3.05) is 22.7 Å². The highest BCUT2D eigenvalue weighted by Crippen LogP contribution is 2.32. The van der Waals surface area contributed by atoms with Crippen molar-refractivity contribution in [2.45, 2.75) is 11.3 Å². The number of nitrogens with zero attached hydrogens (tertiary/aromatic N) is 1. The summed E-state index contributed by atoms with van der Waals surface area (Å²) in [7, 11) is -3.51. The SMILES string of the molecule is O=S(=O)(c1ccccc1)N1CCCNc2ccccc21. The quantitative estimate of drug-likeness (QED) is 0.924. The molecule has 1 aliphatic rings. The van der Waals surface area contributed by atoms with Crippen LogP contribution in [0, 0.1) is 0 Å². The van der Waals surface area contributed by atoms with E-state index in [2.05, 4.69) is 5.32 Å². The molecular formula is C15H16N2O2S. The zero-order valence-electron chi connectivity index (χ0n) is 11.0. The van der Waals surface area contributed by atoms with Crippen molar-refractivity contribution < 1.29 is 8.42 Å². The molecule has 3 rings (SSSR count). The molecule has 0 aromatic heterocycles. The molecule has 0 atom stereocenters. The number of para-hydroxylation sites is 2. The zero-order valence-corrected chi connectivity index (χ0v) is 11.8. The van der Waals surface area contributed by atoms with E-state index < -0.39 is 10.0 Å². The molecule has 0 radical (unpaired) electrons. The van der Waals surface area contributed by atoms with Gasteiger partial charge in [0.15, 0.2) is 0 Å². The highest BCUT2D eigenvalue weighted by atomic mass is 32.2. The highest BCUT2D eigenvalue weighted by Gasteiger charge is 2.27. The minimum absolute atomic E-state index is 0.330. The topological polar surface area (TPSA) is 49.4 Å². The number of sulfonamides is 1. The summed E-state index contributed by atoms with van der Waals surface area (Å²) in [6.07, 6.45) is 0.779. The fourth-order valence-corrected chi connectivity index (χ4v) is 3.92. The number of fused-ring (bicyclic) bond motifs is 1. The van der Waals surface area contributed by atoms with Crippen LogP contribution in [0.1, 0.15) is 6.42 Å². The normalized spacial score (nSPS) is 15.1. The van der Waals surface area contributed by atoms with Gasteiger partial charge in [-0.1, -0.05) is 30.3 Å². The lowest BCUT2D eigenvalue weighted by molar-refractivity contribution is 0.590. The van der Waals surface area contributed by atoms with E-state index in [1.54, 1.807) is 24.3 Å². The highest BCUT2D eigenvalue weighted by molar-refractivity contribution is 7.92. The van der Waals surface area contributed by atoms with Crippen LogP contribution in [0.2, 0.25) is 0 Å². The van der Waals surface area contributed by atoms with Crippen LogP contribution < -0.4 is 9.62 Å². The fourth-order valence-electron chi connectivity index (χ4n) is 2.38. The molecule has 2 aromatic carbocycles. The lowest BCUT2D eigenvalue weighted by atomic mass is 10.2. The summed E-state index contributed by atoms with van der Waals surface area (Å²) in [4.78, 5) is 0.330. The Bertz CT molecular complexity index is 699. The van der Waals surface area contributed by atoms with Crippen molar-refractivity contribution in [1.29, 1.82) is 0 Å². The predicted octanol–water partition coefficient (Wildman–Crippen LogP) is 2.70. The molecule has 20 heavy (non-hydrogen) atoms. The maximum absolute atomic E-state index is 12.8. The van der Waals surface area contributed by atoms with E-state index >= 15 is 0 Å². The van der Waals surface area contributed by atoms with Crippen molar-refractivity contribution in [3.63, 3.8) is 0 Å². The van der Waals surface area contributed by atoms with Gasteiger partial charge in [0, 0.05) is 13.1 Å². The monoisotopic (exact) mass is 288 g/mol. The maximum Gasteiger partial charge on any atom is 0.264 e. The first-order valence-electron chi connectivity index (χ1n) is 6.60. The Morgan fingerprint density at radius 3 is 2.45 bits per heavy atom. The van der Waals surface area contributed by atoms with Crippen LogP contribution in [0.5, 0.6) is 0 Å². The molecule has 1 heterocycles. The molecule has 1 aliphatic heterocycles. The van der Waals surface area contributed by atoms with Gasteiger partial charge < -0.3 is 5.32 Å². The third kappa shape index (κ3) is 2.25. The van der Waals surface area contributed by atoms with Gasteiger partial charge in [-0.15, -0.1) is 0 Å². The van der Waals surface area contributed by atoms with Gasteiger partial charge >= 0.3 is 0 Å². The Morgan fingerprint density at radius 1 is 0.950 bits per heavy atom.